The Labute approximate surface area is 123 Å². The second-order valence-electron chi connectivity index (χ2n) is 6.54. The van der Waals surface area contributed by atoms with Gasteiger partial charge in [-0.2, -0.15) is 0 Å². The Morgan fingerprint density at radius 2 is 2.05 bits per heavy atom. The van der Waals surface area contributed by atoms with Crippen LogP contribution in [0.2, 0.25) is 0 Å². The second-order valence-corrected chi connectivity index (χ2v) is 6.54. The number of imidazole rings is 1. The van der Waals surface area contributed by atoms with Gasteiger partial charge in [-0.25, -0.2) is 4.98 Å². The Morgan fingerprint density at radius 3 is 2.70 bits per heavy atom. The fraction of sp³-hybridized carbons (Fsp3) is 0.812. The molecular weight excluding hydrogens is 248 g/mol. The van der Waals surface area contributed by atoms with E-state index < -0.39 is 0 Å². The van der Waals surface area contributed by atoms with Crippen LogP contribution in [0.1, 0.15) is 57.2 Å². The lowest BCUT2D eigenvalue weighted by atomic mass is 9.95. The molecule has 1 heterocycles. The van der Waals surface area contributed by atoms with Crippen LogP contribution in [0, 0.1) is 6.92 Å². The number of anilines is 1. The van der Waals surface area contributed by atoms with Crippen molar-refractivity contribution in [1.29, 1.82) is 0 Å². The van der Waals surface area contributed by atoms with Crippen LogP contribution in [0.15, 0.2) is 6.20 Å². The lowest BCUT2D eigenvalue weighted by molar-refractivity contribution is 0.354. The topological polar surface area (TPSA) is 33.1 Å². The van der Waals surface area contributed by atoms with Gasteiger partial charge in [0.1, 0.15) is 0 Å². The van der Waals surface area contributed by atoms with Crippen LogP contribution in [0.5, 0.6) is 0 Å². The molecule has 1 aliphatic rings. The molecule has 1 aliphatic carbocycles. The summed E-state index contributed by atoms with van der Waals surface area (Å²) in [6.07, 6.45) is 10.1. The minimum absolute atomic E-state index is 0.460. The third kappa shape index (κ3) is 4.23. The van der Waals surface area contributed by atoms with E-state index in [0.717, 1.165) is 24.6 Å². The summed E-state index contributed by atoms with van der Waals surface area (Å²) in [7, 11) is 4.25. The maximum absolute atomic E-state index is 4.69. The molecule has 1 N–H and O–H groups in total. The van der Waals surface area contributed by atoms with Crippen LogP contribution in [0.3, 0.4) is 0 Å². The van der Waals surface area contributed by atoms with Gasteiger partial charge in [-0.3, -0.25) is 0 Å². The molecule has 1 fully saturated rings. The van der Waals surface area contributed by atoms with Gasteiger partial charge in [0, 0.05) is 18.3 Å². The molecule has 1 unspecified atom stereocenters. The van der Waals surface area contributed by atoms with E-state index in [9.17, 15) is 0 Å². The number of rotatable bonds is 6. The van der Waals surface area contributed by atoms with Crippen molar-refractivity contribution in [2.75, 3.05) is 26.0 Å². The highest BCUT2D eigenvalue weighted by Crippen LogP contribution is 2.31. The van der Waals surface area contributed by atoms with Crippen LogP contribution in [0.4, 0.5) is 5.95 Å². The van der Waals surface area contributed by atoms with Crippen LogP contribution < -0.4 is 5.32 Å². The van der Waals surface area contributed by atoms with E-state index in [1.54, 1.807) is 0 Å². The van der Waals surface area contributed by atoms with Crippen LogP contribution in [-0.2, 0) is 0 Å². The molecule has 1 atom stereocenters. The molecule has 1 aromatic heterocycles. The van der Waals surface area contributed by atoms with E-state index in [-0.39, 0.29) is 0 Å². The van der Waals surface area contributed by atoms with E-state index in [1.165, 1.54) is 32.1 Å². The second kappa shape index (κ2) is 7.11. The molecule has 1 aromatic rings. The zero-order chi connectivity index (χ0) is 14.5. The maximum Gasteiger partial charge on any atom is 0.203 e. The minimum atomic E-state index is 0.460. The predicted octanol–water partition coefficient (Wildman–Crippen LogP) is 3.45. The summed E-state index contributed by atoms with van der Waals surface area (Å²) in [5.41, 5.74) is 1.12. The lowest BCUT2D eigenvalue weighted by Crippen LogP contribution is -2.25. The quantitative estimate of drug-likeness (QED) is 0.865. The van der Waals surface area contributed by atoms with Crippen molar-refractivity contribution in [3.05, 3.63) is 11.9 Å². The van der Waals surface area contributed by atoms with Crippen molar-refractivity contribution < 1.29 is 0 Å². The highest BCUT2D eigenvalue weighted by Gasteiger charge is 2.19. The molecular formula is C16H30N4. The smallest absolute Gasteiger partial charge is 0.203 e. The number of aryl methyl sites for hydroxylation is 1. The standard InChI is InChI=1S/C16H30N4/c1-13(10-11-19(3)4)17-16-18-14(2)12-20(16)15-8-6-5-7-9-15/h12-13,15H,5-11H2,1-4H3,(H,17,18). The fourth-order valence-electron chi connectivity index (χ4n) is 3.00. The average Bonchev–Trinajstić information content (AvgIpc) is 2.78. The van der Waals surface area contributed by atoms with E-state index in [1.807, 2.05) is 0 Å². The fourth-order valence-corrected chi connectivity index (χ4v) is 3.00. The molecule has 0 aromatic carbocycles. The zero-order valence-electron chi connectivity index (χ0n) is 13.5. The van der Waals surface area contributed by atoms with Gasteiger partial charge in [-0.1, -0.05) is 19.3 Å². The Hall–Kier alpha value is -1.03. The molecule has 0 saturated heterocycles. The molecule has 0 bridgehead atoms. The van der Waals surface area contributed by atoms with Crippen molar-refractivity contribution >= 4 is 5.95 Å². The third-order valence-corrected chi connectivity index (χ3v) is 4.21. The first kappa shape index (κ1) is 15.4. The summed E-state index contributed by atoms with van der Waals surface area (Å²) in [6, 6.07) is 1.11. The summed E-state index contributed by atoms with van der Waals surface area (Å²) in [6.45, 7) is 5.45. The molecule has 2 rings (SSSR count). The molecule has 20 heavy (non-hydrogen) atoms. The monoisotopic (exact) mass is 278 g/mol. The largest absolute Gasteiger partial charge is 0.353 e. The summed E-state index contributed by atoms with van der Waals surface area (Å²) >= 11 is 0. The van der Waals surface area contributed by atoms with Gasteiger partial charge in [0.15, 0.2) is 0 Å². The summed E-state index contributed by atoms with van der Waals surface area (Å²) < 4.78 is 2.39. The molecule has 4 heteroatoms. The van der Waals surface area contributed by atoms with Gasteiger partial charge in [-0.05, 0) is 53.8 Å². The van der Waals surface area contributed by atoms with Gasteiger partial charge < -0.3 is 14.8 Å². The Morgan fingerprint density at radius 1 is 1.35 bits per heavy atom. The van der Waals surface area contributed by atoms with Crippen molar-refractivity contribution in [3.8, 4) is 0 Å². The predicted molar refractivity (Wildman–Crippen MR) is 85.3 cm³/mol. The average molecular weight is 278 g/mol. The van der Waals surface area contributed by atoms with Crippen molar-refractivity contribution in [2.45, 2.75) is 64.5 Å². The number of nitrogens with zero attached hydrogens (tertiary/aromatic N) is 3. The molecule has 4 nitrogen and oxygen atoms in total. The summed E-state index contributed by atoms with van der Waals surface area (Å²) in [4.78, 5) is 6.92. The number of nitrogens with one attached hydrogen (secondary N) is 1. The lowest BCUT2D eigenvalue weighted by Gasteiger charge is -2.26. The van der Waals surface area contributed by atoms with Crippen molar-refractivity contribution in [3.63, 3.8) is 0 Å². The van der Waals surface area contributed by atoms with E-state index >= 15 is 0 Å². The van der Waals surface area contributed by atoms with E-state index in [0.29, 0.717) is 12.1 Å². The van der Waals surface area contributed by atoms with Crippen molar-refractivity contribution in [2.24, 2.45) is 0 Å². The summed E-state index contributed by atoms with van der Waals surface area (Å²) in [5.74, 6) is 1.07. The third-order valence-electron chi connectivity index (χ3n) is 4.21. The molecule has 0 amide bonds. The first-order chi connectivity index (χ1) is 9.56. The molecule has 114 valence electrons. The van der Waals surface area contributed by atoms with E-state index in [4.69, 9.17) is 4.98 Å². The molecule has 0 spiro atoms. The van der Waals surface area contributed by atoms with Crippen LogP contribution in [-0.4, -0.2) is 41.1 Å². The highest BCUT2D eigenvalue weighted by atomic mass is 15.2. The minimum Gasteiger partial charge on any atom is -0.353 e. The van der Waals surface area contributed by atoms with Gasteiger partial charge in [0.05, 0.1) is 5.69 Å². The van der Waals surface area contributed by atoms with Gasteiger partial charge in [0.2, 0.25) is 5.95 Å². The number of aromatic nitrogens is 2. The van der Waals surface area contributed by atoms with Crippen LogP contribution in [0.25, 0.3) is 0 Å². The Balaban J connectivity index is 1.99. The Kier molecular flexibility index (Phi) is 5.46. The number of hydrogen-bond donors (Lipinski definition) is 1. The summed E-state index contributed by atoms with van der Waals surface area (Å²) in [5, 5.41) is 3.61. The molecule has 0 radical (unpaired) electrons. The van der Waals surface area contributed by atoms with Gasteiger partial charge in [0.25, 0.3) is 0 Å². The first-order valence-corrected chi connectivity index (χ1v) is 8.03. The molecule has 0 aliphatic heterocycles. The Bertz CT molecular complexity index is 405. The van der Waals surface area contributed by atoms with Crippen molar-refractivity contribution in [1.82, 2.24) is 14.5 Å². The molecule has 1 saturated carbocycles. The van der Waals surface area contributed by atoms with E-state index in [2.05, 4.69) is 48.9 Å². The first-order valence-electron chi connectivity index (χ1n) is 8.03. The number of hydrogen-bond acceptors (Lipinski definition) is 3. The van der Waals surface area contributed by atoms with Gasteiger partial charge >= 0.3 is 0 Å². The maximum atomic E-state index is 4.69. The highest BCUT2D eigenvalue weighted by molar-refractivity contribution is 5.31. The SMILES string of the molecule is Cc1cn(C2CCCCC2)c(NC(C)CCN(C)C)n1. The normalized spacial score (nSPS) is 18.4. The van der Waals surface area contributed by atoms with Gasteiger partial charge in [-0.15, -0.1) is 0 Å². The van der Waals surface area contributed by atoms with Crippen LogP contribution >= 0.6 is 0 Å². The zero-order valence-corrected chi connectivity index (χ0v) is 13.5.